The maximum Gasteiger partial charge on any atom is 0.372 e. The first kappa shape index (κ1) is 15.2. The summed E-state index contributed by atoms with van der Waals surface area (Å²) >= 11 is 0. The molecule has 25 heavy (non-hydrogen) atoms. The van der Waals surface area contributed by atoms with Crippen LogP contribution in [0.5, 0.6) is 0 Å². The molecule has 0 saturated heterocycles. The van der Waals surface area contributed by atoms with E-state index in [-0.39, 0.29) is 17.7 Å². The van der Waals surface area contributed by atoms with Gasteiger partial charge in [0.25, 0.3) is 0 Å². The van der Waals surface area contributed by atoms with E-state index in [1.807, 2.05) is 38.1 Å². The van der Waals surface area contributed by atoms with Gasteiger partial charge >= 0.3 is 5.82 Å². The van der Waals surface area contributed by atoms with Crippen LogP contribution in [0.2, 0.25) is 0 Å². The van der Waals surface area contributed by atoms with E-state index in [0.717, 1.165) is 22.3 Å². The smallest absolute Gasteiger partial charge is 0.372 e. The van der Waals surface area contributed by atoms with E-state index in [1.165, 1.54) is 4.40 Å². The summed E-state index contributed by atoms with van der Waals surface area (Å²) in [5.41, 5.74) is 2.33. The number of pyridine rings is 1. The third-order valence-electron chi connectivity index (χ3n) is 4.30. The number of anilines is 1. The van der Waals surface area contributed by atoms with Gasteiger partial charge in [-0.1, -0.05) is 24.3 Å². The van der Waals surface area contributed by atoms with Gasteiger partial charge in [0.15, 0.2) is 0 Å². The number of aromatic nitrogens is 2. The molecular weight excluding hydrogens is 320 g/mol. The molecule has 7 nitrogen and oxygen atoms in total. The van der Waals surface area contributed by atoms with Crippen LogP contribution in [0.3, 0.4) is 0 Å². The number of nitro groups is 1. The first-order valence-electron chi connectivity index (χ1n) is 7.92. The monoisotopic (exact) mass is 336 g/mol. The van der Waals surface area contributed by atoms with E-state index >= 15 is 0 Å². The highest BCUT2D eigenvalue weighted by Crippen LogP contribution is 2.33. The summed E-state index contributed by atoms with van der Waals surface area (Å²) in [5, 5.41) is 15.7. The Bertz CT molecular complexity index is 1100. The summed E-state index contributed by atoms with van der Waals surface area (Å²) in [5.74, 6) is 0.882. The Labute approximate surface area is 143 Å². The van der Waals surface area contributed by atoms with Crippen LogP contribution < -0.4 is 5.32 Å². The summed E-state index contributed by atoms with van der Waals surface area (Å²) in [7, 11) is 0. The maximum atomic E-state index is 11.5. The average Bonchev–Trinajstić information content (AvgIpc) is 3.13. The van der Waals surface area contributed by atoms with Crippen LogP contribution >= 0.6 is 0 Å². The van der Waals surface area contributed by atoms with Gasteiger partial charge in [-0.15, -0.1) is 0 Å². The predicted octanol–water partition coefficient (Wildman–Crippen LogP) is 4.47. The van der Waals surface area contributed by atoms with Crippen LogP contribution in [0.4, 0.5) is 11.6 Å². The number of imidazole rings is 1. The number of aryl methyl sites for hydroxylation is 1. The maximum absolute atomic E-state index is 11.5. The largest absolute Gasteiger partial charge is 0.459 e. The van der Waals surface area contributed by atoms with Gasteiger partial charge < -0.3 is 19.8 Å². The van der Waals surface area contributed by atoms with Crippen molar-refractivity contribution in [2.24, 2.45) is 0 Å². The van der Waals surface area contributed by atoms with Gasteiger partial charge in [-0.3, -0.25) is 0 Å². The van der Waals surface area contributed by atoms with Gasteiger partial charge in [-0.2, -0.15) is 9.38 Å². The third kappa shape index (κ3) is 2.40. The predicted molar refractivity (Wildman–Crippen MR) is 94.8 cm³/mol. The molecule has 1 N–H and O–H groups in total. The van der Waals surface area contributed by atoms with Crippen molar-refractivity contribution in [3.63, 3.8) is 0 Å². The molecule has 3 aromatic heterocycles. The lowest BCUT2D eigenvalue weighted by Gasteiger charge is -2.11. The molecule has 3 heterocycles. The molecule has 7 heteroatoms. The number of benzene rings is 1. The van der Waals surface area contributed by atoms with Crippen LogP contribution in [-0.4, -0.2) is 14.3 Å². The molecule has 0 spiro atoms. The lowest BCUT2D eigenvalue weighted by atomic mass is 10.1. The summed E-state index contributed by atoms with van der Waals surface area (Å²) in [6.45, 7) is 3.88. The van der Waals surface area contributed by atoms with Crippen LogP contribution in [0.25, 0.3) is 16.6 Å². The van der Waals surface area contributed by atoms with Crippen molar-refractivity contribution in [2.75, 3.05) is 5.32 Å². The molecule has 0 bridgehead atoms. The average molecular weight is 336 g/mol. The minimum atomic E-state index is -0.430. The topological polar surface area (TPSA) is 85.6 Å². The quantitative estimate of drug-likeness (QED) is 0.439. The van der Waals surface area contributed by atoms with E-state index in [0.29, 0.717) is 5.65 Å². The minimum absolute atomic E-state index is 0.0868. The summed E-state index contributed by atoms with van der Waals surface area (Å²) < 4.78 is 7.40. The molecule has 0 aliphatic carbocycles. The third-order valence-corrected chi connectivity index (χ3v) is 4.30. The molecule has 1 unspecified atom stereocenters. The Morgan fingerprint density at radius 1 is 1.24 bits per heavy atom. The van der Waals surface area contributed by atoms with E-state index in [9.17, 15) is 10.1 Å². The van der Waals surface area contributed by atoms with Gasteiger partial charge in [-0.25, -0.2) is 0 Å². The molecule has 4 rings (SSSR count). The number of furan rings is 1. The Kier molecular flexibility index (Phi) is 3.42. The van der Waals surface area contributed by atoms with Crippen molar-refractivity contribution < 1.29 is 9.34 Å². The van der Waals surface area contributed by atoms with Crippen molar-refractivity contribution in [1.82, 2.24) is 9.38 Å². The van der Waals surface area contributed by atoms with Crippen molar-refractivity contribution in [1.29, 1.82) is 0 Å². The highest BCUT2D eigenvalue weighted by Gasteiger charge is 2.25. The van der Waals surface area contributed by atoms with E-state index in [2.05, 4.69) is 10.3 Å². The Morgan fingerprint density at radius 2 is 2.00 bits per heavy atom. The van der Waals surface area contributed by atoms with Crippen molar-refractivity contribution in [3.8, 4) is 0 Å². The van der Waals surface area contributed by atoms with Crippen molar-refractivity contribution in [2.45, 2.75) is 19.9 Å². The highest BCUT2D eigenvalue weighted by atomic mass is 16.6. The lowest BCUT2D eigenvalue weighted by molar-refractivity contribution is -0.389. The molecule has 1 aromatic carbocycles. The number of nitrogens with one attached hydrogen (secondary N) is 1. The van der Waals surface area contributed by atoms with Gasteiger partial charge in [0.05, 0.1) is 12.2 Å². The number of hydrogen-bond acceptors (Lipinski definition) is 5. The molecule has 0 fully saturated rings. The Morgan fingerprint density at radius 3 is 2.76 bits per heavy atom. The Balaban J connectivity index is 1.76. The summed E-state index contributed by atoms with van der Waals surface area (Å²) in [4.78, 5) is 15.4. The molecule has 1 atom stereocenters. The zero-order valence-corrected chi connectivity index (χ0v) is 13.8. The van der Waals surface area contributed by atoms with E-state index < -0.39 is 4.92 Å². The minimum Gasteiger partial charge on any atom is -0.459 e. The molecule has 0 aliphatic rings. The Hall–Kier alpha value is -3.35. The fraction of sp³-hybridized carbons (Fsp3) is 0.167. The van der Waals surface area contributed by atoms with E-state index in [4.69, 9.17) is 4.42 Å². The van der Waals surface area contributed by atoms with Gasteiger partial charge in [0.2, 0.25) is 11.5 Å². The molecule has 0 aliphatic heterocycles. The number of hydrogen-bond donors (Lipinski definition) is 1. The van der Waals surface area contributed by atoms with Crippen LogP contribution in [0.1, 0.15) is 24.3 Å². The second-order valence-corrected chi connectivity index (χ2v) is 5.92. The zero-order chi connectivity index (χ0) is 17.6. The number of fused-ring (bicyclic) bond motifs is 2. The fourth-order valence-corrected chi connectivity index (χ4v) is 3.13. The zero-order valence-electron chi connectivity index (χ0n) is 13.8. The van der Waals surface area contributed by atoms with Crippen molar-refractivity contribution in [3.05, 3.63) is 70.1 Å². The van der Waals surface area contributed by atoms with Gasteiger partial charge in [0.1, 0.15) is 11.3 Å². The van der Waals surface area contributed by atoms with Crippen LogP contribution in [0, 0.1) is 17.0 Å². The molecule has 4 aromatic rings. The molecule has 0 amide bonds. The van der Waals surface area contributed by atoms with Gasteiger partial charge in [-0.05, 0) is 30.9 Å². The normalized spacial score (nSPS) is 12.6. The molecule has 126 valence electrons. The van der Waals surface area contributed by atoms with E-state index in [1.54, 1.807) is 24.4 Å². The lowest BCUT2D eigenvalue weighted by Crippen LogP contribution is -2.09. The molecule has 0 radical (unpaired) electrons. The summed E-state index contributed by atoms with van der Waals surface area (Å²) in [6, 6.07) is 12.8. The summed E-state index contributed by atoms with van der Waals surface area (Å²) in [6.07, 6.45) is 1.63. The number of para-hydroxylation sites is 1. The first-order chi connectivity index (χ1) is 12.1. The SMILES string of the molecule is Cc1c(C(C)Nc2nc3ccccn3c2[N+](=O)[O-])oc2ccccc12. The molecular formula is C18H16N4O3. The second kappa shape index (κ2) is 5.62. The number of rotatable bonds is 4. The molecule has 0 saturated carbocycles. The highest BCUT2D eigenvalue weighted by molar-refractivity contribution is 5.82. The number of nitrogens with zero attached hydrogens (tertiary/aromatic N) is 3. The first-order valence-corrected chi connectivity index (χ1v) is 7.92. The van der Waals surface area contributed by atoms with Gasteiger partial charge in [0, 0.05) is 17.0 Å². The van der Waals surface area contributed by atoms with Crippen LogP contribution in [0.15, 0.2) is 53.1 Å². The van der Waals surface area contributed by atoms with Crippen LogP contribution in [-0.2, 0) is 0 Å². The standard InChI is InChI=1S/C18H16N4O3/c1-11-13-7-3-4-8-14(13)25-16(11)12(2)19-17-18(22(23)24)21-10-6-5-9-15(21)20-17/h3-10,12,19H,1-2H3. The van der Waals surface area contributed by atoms with Crippen molar-refractivity contribution >= 4 is 28.3 Å². The second-order valence-electron chi connectivity index (χ2n) is 5.92. The fourth-order valence-electron chi connectivity index (χ4n) is 3.13.